The molecule has 138 valence electrons. The highest BCUT2D eigenvalue weighted by Crippen LogP contribution is 2.40. The molecule has 1 aliphatic carbocycles. The van der Waals surface area contributed by atoms with E-state index >= 15 is 0 Å². The van der Waals surface area contributed by atoms with Crippen LogP contribution in [0, 0.1) is 5.92 Å². The number of hydrazine groups is 1. The van der Waals surface area contributed by atoms with Crippen LogP contribution < -0.4 is 16.0 Å². The zero-order valence-electron chi connectivity index (χ0n) is 15.6. The van der Waals surface area contributed by atoms with Gasteiger partial charge in [0.05, 0.1) is 11.7 Å². The minimum Gasteiger partial charge on any atom is -0.292 e. The maximum atomic E-state index is 12.4. The summed E-state index contributed by atoms with van der Waals surface area (Å²) < 4.78 is 1.80. The van der Waals surface area contributed by atoms with E-state index in [9.17, 15) is 4.79 Å². The van der Waals surface area contributed by atoms with Gasteiger partial charge in [-0.25, -0.2) is 4.98 Å². The van der Waals surface area contributed by atoms with E-state index in [2.05, 4.69) is 47.5 Å². The number of fused-ring (bicyclic) bond motifs is 2. The van der Waals surface area contributed by atoms with E-state index in [0.717, 1.165) is 17.6 Å². The molecule has 6 nitrogen and oxygen atoms in total. The summed E-state index contributed by atoms with van der Waals surface area (Å²) in [5.41, 5.74) is 6.58. The van der Waals surface area contributed by atoms with Crippen molar-refractivity contribution in [1.29, 1.82) is 0 Å². The fraction of sp³-hybridized carbons (Fsp3) is 0.381. The number of benzene rings is 1. The molecule has 2 atom stereocenters. The minimum atomic E-state index is 0.00700. The Bertz CT molecular complexity index is 1070. The third-order valence-electron chi connectivity index (χ3n) is 5.90. The van der Waals surface area contributed by atoms with Crippen LogP contribution >= 0.6 is 0 Å². The molecule has 0 bridgehead atoms. The van der Waals surface area contributed by atoms with Crippen molar-refractivity contribution in [2.45, 2.75) is 45.2 Å². The van der Waals surface area contributed by atoms with Gasteiger partial charge in [-0.15, -0.1) is 0 Å². The standard InChI is InChI=1S/C21H23N5O/c1-13-14(2)26(18-6-4-3-5-17(13)18)24-21-22-11-16-9-10-19(27)25(20(16)23-21)12-15-7-8-15/h3-6,9-11,13-15H,7-8,12H2,1-2H3,(H,22,23,24). The Labute approximate surface area is 157 Å². The van der Waals surface area contributed by atoms with Gasteiger partial charge < -0.3 is 0 Å². The van der Waals surface area contributed by atoms with Crippen molar-refractivity contribution in [1.82, 2.24) is 14.5 Å². The molecular weight excluding hydrogens is 338 g/mol. The van der Waals surface area contributed by atoms with Crippen LogP contribution in [0.1, 0.15) is 38.2 Å². The van der Waals surface area contributed by atoms with Gasteiger partial charge in [-0.3, -0.25) is 19.8 Å². The lowest BCUT2D eigenvalue weighted by Gasteiger charge is -2.26. The van der Waals surface area contributed by atoms with Gasteiger partial charge in [0.1, 0.15) is 5.65 Å². The number of nitrogens with zero attached hydrogens (tertiary/aromatic N) is 4. The lowest BCUT2D eigenvalue weighted by Crippen LogP contribution is -2.36. The van der Waals surface area contributed by atoms with Gasteiger partial charge >= 0.3 is 0 Å². The molecule has 0 saturated heterocycles. The first kappa shape index (κ1) is 16.3. The number of hydrogen-bond donors (Lipinski definition) is 1. The highest BCUT2D eigenvalue weighted by Gasteiger charge is 2.33. The fourth-order valence-electron chi connectivity index (χ4n) is 3.92. The summed E-state index contributed by atoms with van der Waals surface area (Å²) in [5.74, 6) is 1.54. The maximum absolute atomic E-state index is 12.4. The zero-order valence-corrected chi connectivity index (χ0v) is 15.6. The maximum Gasteiger partial charge on any atom is 0.252 e. The van der Waals surface area contributed by atoms with Crippen molar-refractivity contribution in [2.75, 3.05) is 10.4 Å². The smallest absolute Gasteiger partial charge is 0.252 e. The lowest BCUT2D eigenvalue weighted by molar-refractivity contribution is 0.616. The molecule has 1 fully saturated rings. The predicted molar refractivity (Wildman–Crippen MR) is 107 cm³/mol. The topological polar surface area (TPSA) is 63.1 Å². The van der Waals surface area contributed by atoms with Crippen LogP contribution in [0.25, 0.3) is 11.0 Å². The molecule has 1 N–H and O–H groups in total. The van der Waals surface area contributed by atoms with Crippen LogP contribution in [0.4, 0.5) is 11.6 Å². The number of para-hydroxylation sites is 1. The first-order chi connectivity index (χ1) is 13.1. The number of pyridine rings is 1. The van der Waals surface area contributed by atoms with Gasteiger partial charge in [-0.05, 0) is 43.4 Å². The summed E-state index contributed by atoms with van der Waals surface area (Å²) in [6.45, 7) is 5.17. The molecule has 2 unspecified atom stereocenters. The molecule has 1 saturated carbocycles. The highest BCUT2D eigenvalue weighted by atomic mass is 16.1. The van der Waals surface area contributed by atoms with Gasteiger partial charge in [0.15, 0.2) is 0 Å². The van der Waals surface area contributed by atoms with E-state index in [0.29, 0.717) is 23.4 Å². The summed E-state index contributed by atoms with van der Waals surface area (Å²) in [7, 11) is 0. The Kier molecular flexibility index (Phi) is 3.67. The summed E-state index contributed by atoms with van der Waals surface area (Å²) in [6.07, 6.45) is 4.18. The van der Waals surface area contributed by atoms with Crippen LogP contribution in [-0.2, 0) is 6.54 Å². The molecule has 1 aromatic carbocycles. The van der Waals surface area contributed by atoms with Crippen LogP contribution in [-0.4, -0.2) is 20.6 Å². The monoisotopic (exact) mass is 361 g/mol. The fourth-order valence-corrected chi connectivity index (χ4v) is 3.92. The largest absolute Gasteiger partial charge is 0.292 e. The van der Waals surface area contributed by atoms with E-state index in [4.69, 9.17) is 4.98 Å². The summed E-state index contributed by atoms with van der Waals surface area (Å²) in [5, 5.41) is 3.03. The summed E-state index contributed by atoms with van der Waals surface area (Å²) >= 11 is 0. The van der Waals surface area contributed by atoms with Gasteiger partial charge in [-0.2, -0.15) is 4.98 Å². The molecule has 6 heteroatoms. The molecule has 0 radical (unpaired) electrons. The Morgan fingerprint density at radius 3 is 2.78 bits per heavy atom. The first-order valence-corrected chi connectivity index (χ1v) is 9.63. The molecule has 27 heavy (non-hydrogen) atoms. The predicted octanol–water partition coefficient (Wildman–Crippen LogP) is 3.54. The number of rotatable bonds is 4. The second kappa shape index (κ2) is 6.08. The Balaban J connectivity index is 1.53. The average molecular weight is 361 g/mol. The highest BCUT2D eigenvalue weighted by molar-refractivity contribution is 5.75. The molecule has 5 rings (SSSR count). The summed E-state index contributed by atoms with van der Waals surface area (Å²) in [6, 6.07) is 12.1. The lowest BCUT2D eigenvalue weighted by atomic mass is 9.99. The third-order valence-corrected chi connectivity index (χ3v) is 5.90. The first-order valence-electron chi connectivity index (χ1n) is 9.63. The number of nitrogens with one attached hydrogen (secondary N) is 1. The Morgan fingerprint density at radius 2 is 1.96 bits per heavy atom. The molecule has 0 spiro atoms. The summed E-state index contributed by atoms with van der Waals surface area (Å²) in [4.78, 5) is 21.6. The van der Waals surface area contributed by atoms with Crippen molar-refractivity contribution in [3.63, 3.8) is 0 Å². The van der Waals surface area contributed by atoms with E-state index in [1.807, 2.05) is 6.07 Å². The van der Waals surface area contributed by atoms with E-state index < -0.39 is 0 Å². The number of hydrogen-bond acceptors (Lipinski definition) is 5. The molecule has 3 heterocycles. The number of aromatic nitrogens is 3. The Morgan fingerprint density at radius 1 is 1.15 bits per heavy atom. The van der Waals surface area contributed by atoms with Crippen molar-refractivity contribution in [3.8, 4) is 0 Å². The third kappa shape index (κ3) is 2.76. The zero-order chi connectivity index (χ0) is 18.5. The quantitative estimate of drug-likeness (QED) is 0.770. The van der Waals surface area contributed by atoms with Crippen molar-refractivity contribution in [2.24, 2.45) is 5.92 Å². The van der Waals surface area contributed by atoms with Gasteiger partial charge in [0, 0.05) is 30.1 Å². The van der Waals surface area contributed by atoms with Crippen molar-refractivity contribution < 1.29 is 0 Å². The van der Waals surface area contributed by atoms with Crippen LogP contribution in [0.5, 0.6) is 0 Å². The van der Waals surface area contributed by atoms with Crippen LogP contribution in [0.3, 0.4) is 0 Å². The normalized spacial score (nSPS) is 21.5. The second-order valence-corrected chi connectivity index (χ2v) is 7.77. The molecule has 2 aliphatic rings. The van der Waals surface area contributed by atoms with Gasteiger partial charge in [0.25, 0.3) is 5.56 Å². The second-order valence-electron chi connectivity index (χ2n) is 7.77. The van der Waals surface area contributed by atoms with E-state index in [-0.39, 0.29) is 11.6 Å². The van der Waals surface area contributed by atoms with Gasteiger partial charge in [0.2, 0.25) is 5.95 Å². The van der Waals surface area contributed by atoms with Crippen molar-refractivity contribution in [3.05, 3.63) is 58.5 Å². The van der Waals surface area contributed by atoms with Gasteiger partial charge in [-0.1, -0.05) is 25.1 Å². The average Bonchev–Trinajstić information content (AvgIpc) is 3.48. The molecular formula is C21H23N5O. The van der Waals surface area contributed by atoms with Crippen LogP contribution in [0.15, 0.2) is 47.4 Å². The minimum absolute atomic E-state index is 0.00700. The molecule has 1 aliphatic heterocycles. The molecule has 2 aromatic heterocycles. The van der Waals surface area contributed by atoms with E-state index in [1.165, 1.54) is 18.4 Å². The number of anilines is 2. The molecule has 0 amide bonds. The van der Waals surface area contributed by atoms with Crippen molar-refractivity contribution >= 4 is 22.7 Å². The molecule has 3 aromatic rings. The SMILES string of the molecule is CC1c2ccccc2N(Nc2ncc3ccc(=O)n(CC4CC4)c3n2)C1C. The van der Waals surface area contributed by atoms with E-state index in [1.54, 1.807) is 22.9 Å². The Hall–Kier alpha value is -2.89. The van der Waals surface area contributed by atoms with Crippen LogP contribution in [0.2, 0.25) is 0 Å².